The minimum atomic E-state index is -4.57. The predicted molar refractivity (Wildman–Crippen MR) is 122 cm³/mol. The Balaban J connectivity index is 1.54. The zero-order valence-corrected chi connectivity index (χ0v) is 18.8. The smallest absolute Gasteiger partial charge is 0.417 e. The Morgan fingerprint density at radius 1 is 1.03 bits per heavy atom. The van der Waals surface area contributed by atoms with Gasteiger partial charge in [-0.2, -0.15) is 18.3 Å². The van der Waals surface area contributed by atoms with Crippen molar-refractivity contribution in [2.45, 2.75) is 20.0 Å². The molecule has 174 valence electrons. The van der Waals surface area contributed by atoms with Gasteiger partial charge >= 0.3 is 6.18 Å². The summed E-state index contributed by atoms with van der Waals surface area (Å²) in [7, 11) is 0. The molecule has 6 nitrogen and oxygen atoms in total. The van der Waals surface area contributed by atoms with Crippen LogP contribution in [0.5, 0.6) is 11.5 Å². The molecule has 2 heterocycles. The SMILES string of the molecule is Cc1nn(-c2ncc(C(F)(F)F)cc2Cl)c(C)c1C(=O)Nc1ccc(Oc2ccccc2)cc1. The molecule has 0 spiro atoms. The van der Waals surface area contributed by atoms with E-state index in [1.807, 2.05) is 30.3 Å². The third-order valence-electron chi connectivity index (χ3n) is 4.96. The Kier molecular flexibility index (Phi) is 6.30. The molecule has 1 N–H and O–H groups in total. The van der Waals surface area contributed by atoms with Gasteiger partial charge in [0.1, 0.15) is 11.5 Å². The molecular weight excluding hydrogens is 469 g/mol. The van der Waals surface area contributed by atoms with E-state index in [4.69, 9.17) is 16.3 Å². The highest BCUT2D eigenvalue weighted by Gasteiger charge is 2.32. The Labute approximate surface area is 198 Å². The number of benzene rings is 2. The van der Waals surface area contributed by atoms with E-state index in [1.165, 1.54) is 4.68 Å². The molecule has 0 saturated carbocycles. The Morgan fingerprint density at radius 2 is 1.68 bits per heavy atom. The third-order valence-corrected chi connectivity index (χ3v) is 5.24. The molecule has 2 aromatic carbocycles. The number of ether oxygens (including phenoxy) is 1. The number of carbonyl (C=O) groups is 1. The second kappa shape index (κ2) is 9.18. The standard InChI is InChI=1S/C24H18ClF3N4O2/c1-14-21(15(2)32(31-14)22-20(25)12-16(13-29-22)24(26,27)28)23(33)30-17-8-10-19(11-9-17)34-18-6-4-3-5-7-18/h3-13H,1-2H3,(H,30,33). The third kappa shape index (κ3) is 4.89. The molecule has 0 aliphatic rings. The minimum Gasteiger partial charge on any atom is -0.457 e. The van der Waals surface area contributed by atoms with E-state index in [2.05, 4.69) is 15.4 Å². The molecule has 0 atom stereocenters. The molecule has 34 heavy (non-hydrogen) atoms. The Hall–Kier alpha value is -3.85. The molecule has 4 aromatic rings. The number of para-hydroxylation sites is 1. The molecular formula is C24H18ClF3N4O2. The second-order valence-corrected chi connectivity index (χ2v) is 7.79. The van der Waals surface area contributed by atoms with Crippen molar-refractivity contribution in [1.29, 1.82) is 0 Å². The summed E-state index contributed by atoms with van der Waals surface area (Å²) in [6, 6.07) is 16.9. The number of pyridine rings is 1. The number of nitrogens with one attached hydrogen (secondary N) is 1. The van der Waals surface area contributed by atoms with Gasteiger partial charge in [0.05, 0.1) is 27.5 Å². The van der Waals surface area contributed by atoms with Crippen molar-refractivity contribution in [2.75, 3.05) is 5.32 Å². The number of amides is 1. The number of hydrogen-bond donors (Lipinski definition) is 1. The van der Waals surface area contributed by atoms with Crippen molar-refractivity contribution in [3.63, 3.8) is 0 Å². The Morgan fingerprint density at radius 3 is 2.29 bits per heavy atom. The van der Waals surface area contributed by atoms with Gasteiger partial charge in [-0.25, -0.2) is 9.67 Å². The van der Waals surface area contributed by atoms with Crippen LogP contribution in [0.15, 0.2) is 66.9 Å². The van der Waals surface area contributed by atoms with E-state index in [9.17, 15) is 18.0 Å². The van der Waals surface area contributed by atoms with Gasteiger partial charge < -0.3 is 10.1 Å². The maximum atomic E-state index is 12.9. The number of carbonyl (C=O) groups excluding carboxylic acids is 1. The summed E-state index contributed by atoms with van der Waals surface area (Å²) in [4.78, 5) is 16.8. The van der Waals surface area contributed by atoms with E-state index in [0.717, 1.165) is 6.07 Å². The molecule has 2 aromatic heterocycles. The van der Waals surface area contributed by atoms with Crippen LogP contribution in [0.25, 0.3) is 5.82 Å². The molecule has 1 amide bonds. The maximum Gasteiger partial charge on any atom is 0.417 e. The normalized spacial score (nSPS) is 11.4. The first-order chi connectivity index (χ1) is 16.1. The predicted octanol–water partition coefficient (Wildman–Crippen LogP) is 6.60. The van der Waals surface area contributed by atoms with Crippen LogP contribution < -0.4 is 10.1 Å². The molecule has 4 rings (SSSR count). The van der Waals surface area contributed by atoms with Crippen molar-refractivity contribution >= 4 is 23.2 Å². The van der Waals surface area contributed by atoms with Gasteiger partial charge in [0.2, 0.25) is 0 Å². The summed E-state index contributed by atoms with van der Waals surface area (Å²) < 4.78 is 45.7. The van der Waals surface area contributed by atoms with Crippen LogP contribution >= 0.6 is 11.6 Å². The number of alkyl halides is 3. The molecule has 0 fully saturated rings. The number of anilines is 1. The quantitative estimate of drug-likeness (QED) is 0.345. The highest BCUT2D eigenvalue weighted by molar-refractivity contribution is 6.32. The zero-order chi connectivity index (χ0) is 24.5. The lowest BCUT2D eigenvalue weighted by atomic mass is 10.1. The molecule has 0 bridgehead atoms. The molecule has 0 radical (unpaired) electrons. The van der Waals surface area contributed by atoms with Crippen LogP contribution in [0.3, 0.4) is 0 Å². The molecule has 0 aliphatic heterocycles. The summed E-state index contributed by atoms with van der Waals surface area (Å²) in [6.45, 7) is 3.23. The van der Waals surface area contributed by atoms with E-state index < -0.39 is 17.6 Å². The summed E-state index contributed by atoms with van der Waals surface area (Å²) in [6.07, 6.45) is -3.90. The van der Waals surface area contributed by atoms with Crippen molar-refractivity contribution in [1.82, 2.24) is 14.8 Å². The molecule has 0 saturated heterocycles. The first-order valence-corrected chi connectivity index (χ1v) is 10.4. The van der Waals surface area contributed by atoms with Crippen molar-refractivity contribution in [3.8, 4) is 17.3 Å². The fourth-order valence-electron chi connectivity index (χ4n) is 3.34. The highest BCUT2D eigenvalue weighted by Crippen LogP contribution is 2.32. The number of aromatic nitrogens is 3. The van der Waals surface area contributed by atoms with Crippen LogP contribution in [-0.4, -0.2) is 20.7 Å². The fraction of sp³-hybridized carbons (Fsp3) is 0.125. The first kappa shape index (κ1) is 23.3. The van der Waals surface area contributed by atoms with Crippen LogP contribution in [0.2, 0.25) is 5.02 Å². The summed E-state index contributed by atoms with van der Waals surface area (Å²) in [5.74, 6) is 0.860. The second-order valence-electron chi connectivity index (χ2n) is 7.38. The Bertz CT molecular complexity index is 1340. The van der Waals surface area contributed by atoms with Gasteiger partial charge in [-0.15, -0.1) is 0 Å². The van der Waals surface area contributed by atoms with Crippen molar-refractivity contribution in [2.24, 2.45) is 0 Å². The lowest BCUT2D eigenvalue weighted by Gasteiger charge is -2.11. The van der Waals surface area contributed by atoms with Gasteiger partial charge in [0, 0.05) is 11.9 Å². The number of halogens is 4. The van der Waals surface area contributed by atoms with Crippen LogP contribution in [0.4, 0.5) is 18.9 Å². The van der Waals surface area contributed by atoms with E-state index in [0.29, 0.717) is 34.8 Å². The lowest BCUT2D eigenvalue weighted by molar-refractivity contribution is -0.137. The van der Waals surface area contributed by atoms with Gasteiger partial charge in [-0.1, -0.05) is 29.8 Å². The zero-order valence-electron chi connectivity index (χ0n) is 18.0. The summed E-state index contributed by atoms with van der Waals surface area (Å²) >= 11 is 6.05. The fourth-order valence-corrected chi connectivity index (χ4v) is 3.59. The highest BCUT2D eigenvalue weighted by atomic mass is 35.5. The first-order valence-electron chi connectivity index (χ1n) is 10.1. The van der Waals surface area contributed by atoms with Gasteiger partial charge in [0.25, 0.3) is 5.91 Å². The van der Waals surface area contributed by atoms with E-state index in [-0.39, 0.29) is 16.4 Å². The van der Waals surface area contributed by atoms with Gasteiger partial charge in [0.15, 0.2) is 5.82 Å². The largest absolute Gasteiger partial charge is 0.457 e. The lowest BCUT2D eigenvalue weighted by Crippen LogP contribution is -2.14. The molecule has 0 aliphatic carbocycles. The average Bonchev–Trinajstić information content (AvgIpc) is 3.09. The maximum absolute atomic E-state index is 12.9. The monoisotopic (exact) mass is 486 g/mol. The topological polar surface area (TPSA) is 69.0 Å². The van der Waals surface area contributed by atoms with Crippen LogP contribution in [0.1, 0.15) is 27.3 Å². The van der Waals surface area contributed by atoms with E-state index in [1.54, 1.807) is 38.1 Å². The van der Waals surface area contributed by atoms with Crippen LogP contribution in [-0.2, 0) is 6.18 Å². The van der Waals surface area contributed by atoms with Crippen molar-refractivity contribution < 1.29 is 22.7 Å². The average molecular weight is 487 g/mol. The van der Waals surface area contributed by atoms with E-state index >= 15 is 0 Å². The van der Waals surface area contributed by atoms with Crippen LogP contribution in [0, 0.1) is 13.8 Å². The van der Waals surface area contributed by atoms with Gasteiger partial charge in [-0.05, 0) is 56.3 Å². The number of aryl methyl sites for hydroxylation is 1. The number of rotatable bonds is 5. The molecule has 0 unspecified atom stereocenters. The number of nitrogens with zero attached hydrogens (tertiary/aromatic N) is 3. The number of hydrogen-bond acceptors (Lipinski definition) is 4. The molecule has 10 heteroatoms. The summed E-state index contributed by atoms with van der Waals surface area (Å²) in [5, 5.41) is 6.82. The summed E-state index contributed by atoms with van der Waals surface area (Å²) in [5.41, 5.74) is 0.579. The van der Waals surface area contributed by atoms with Gasteiger partial charge in [-0.3, -0.25) is 4.79 Å². The van der Waals surface area contributed by atoms with Crippen molar-refractivity contribution in [3.05, 3.63) is 94.4 Å². The minimum absolute atomic E-state index is 0.00303.